The Bertz CT molecular complexity index is 3680. The van der Waals surface area contributed by atoms with Crippen molar-refractivity contribution in [1.29, 1.82) is 0 Å². The van der Waals surface area contributed by atoms with Crippen molar-refractivity contribution >= 4 is 23.5 Å². The standard InChI is InChI=1S/C79H122N2O37/c1-29-47(88)55(96)63(116-67-57(98)48(89)36(86)27-104-67)71(106-29)105-28-40-52(93)53(94)46(81-31(3)85)66(111-40)113-44-18-19-76(8)41(75(44,6)7)17-20-77(9)42(76)16-15-33-34-21-74(4,5)45(112-65(102)32-13-11-12-14-35(32)80)23-79(34,43(87)22-78(33,77)10)73(103)118-72-64(56(97)50(91)38(25-83)110-72)117-70-60(101)62(115-69-59(100)54(95)49(90)37(24-82)108-69)61(30(2)107-70)114-68-58(99)51(92)39(26-84)109-68/h11-15,29-30,34,36-64,66-72,82-84,86-101H,16-28,80H2,1-10H3,(H,81,85)/t29-,30+,34?,36-,37-,38-,39+,40-,41?,42?,43-,44+,45+,46-,47+,48+,49-,50-,51+,52-,53-,54+,55+,56+,57-,58-,59-,60-,61+,62+,63-,64-,66+,67+,68+,69+,70+,71-,72+,76+,77-,78-,79-/m1/s1. The van der Waals surface area contributed by atoms with Crippen LogP contribution in [-0.4, -0.2) is 369 Å². The zero-order valence-electron chi connectivity index (χ0n) is 67.5. The van der Waals surface area contributed by atoms with Gasteiger partial charge in [0, 0.05) is 24.4 Å². The van der Waals surface area contributed by atoms with Gasteiger partial charge in [-0.3, -0.25) is 9.59 Å². The molecule has 7 aliphatic heterocycles. The predicted molar refractivity (Wildman–Crippen MR) is 394 cm³/mol. The van der Waals surface area contributed by atoms with Crippen molar-refractivity contribution < 1.29 is 182 Å². The number of carbonyl (C=O) groups excluding carboxylic acids is 3. The largest absolute Gasteiger partial charge is 0.458 e. The molecule has 39 nitrogen and oxygen atoms in total. The molecular weight excluding hydrogens is 1570 g/mol. The highest BCUT2D eigenvalue weighted by Crippen LogP contribution is 2.76. The summed E-state index contributed by atoms with van der Waals surface area (Å²) >= 11 is 0. The number of rotatable bonds is 21. The van der Waals surface area contributed by atoms with E-state index in [1.807, 2.05) is 13.8 Å². The van der Waals surface area contributed by atoms with Crippen molar-refractivity contribution in [1.82, 2.24) is 5.32 Å². The van der Waals surface area contributed by atoms with Gasteiger partial charge < -0.3 is 179 Å². The molecule has 7 saturated heterocycles. The summed E-state index contributed by atoms with van der Waals surface area (Å²) in [7, 11) is 0. The molecule has 118 heavy (non-hydrogen) atoms. The number of nitrogens with one attached hydrogen (secondary N) is 1. The van der Waals surface area contributed by atoms with E-state index in [0.717, 1.165) is 5.57 Å². The number of aliphatic hydroxyl groups is 19. The number of esters is 2. The molecule has 12 aliphatic rings. The van der Waals surface area contributed by atoms with Gasteiger partial charge in [-0.15, -0.1) is 0 Å². The number of amides is 1. The Balaban J connectivity index is 0.783. The highest BCUT2D eigenvalue weighted by molar-refractivity contribution is 5.95. The number of allylic oxidation sites excluding steroid dienone is 2. The van der Waals surface area contributed by atoms with Crippen LogP contribution in [0.2, 0.25) is 0 Å². The van der Waals surface area contributed by atoms with Crippen molar-refractivity contribution in [3.63, 3.8) is 0 Å². The van der Waals surface area contributed by atoms with Crippen molar-refractivity contribution in [2.75, 3.05) is 38.8 Å². The van der Waals surface area contributed by atoms with E-state index in [-0.39, 0.29) is 35.9 Å². The molecule has 43 atom stereocenters. The molecule has 4 saturated carbocycles. The molecule has 670 valence electrons. The molecule has 13 rings (SSSR count). The molecular formula is C79H122N2O37. The van der Waals surface area contributed by atoms with E-state index in [9.17, 15) is 107 Å². The van der Waals surface area contributed by atoms with E-state index in [1.54, 1.807) is 12.1 Å². The van der Waals surface area contributed by atoms with E-state index in [1.165, 1.54) is 32.9 Å². The fourth-order valence-electron chi connectivity index (χ4n) is 21.8. The van der Waals surface area contributed by atoms with Gasteiger partial charge >= 0.3 is 11.9 Å². The van der Waals surface area contributed by atoms with E-state index in [0.29, 0.717) is 32.1 Å². The lowest BCUT2D eigenvalue weighted by molar-refractivity contribution is -0.390. The maximum atomic E-state index is 16.5. The highest BCUT2D eigenvalue weighted by atomic mass is 16.8. The van der Waals surface area contributed by atoms with E-state index in [2.05, 4.69) is 46.0 Å². The number of para-hydroxylation sites is 1. The molecule has 1 aromatic rings. The molecule has 39 heteroatoms. The number of benzene rings is 1. The molecule has 0 aromatic heterocycles. The summed E-state index contributed by atoms with van der Waals surface area (Å²) in [6.45, 7) is 14.8. The number of anilines is 1. The van der Waals surface area contributed by atoms with Gasteiger partial charge in [-0.25, -0.2) is 4.79 Å². The maximum absolute atomic E-state index is 16.5. The average molecular weight is 1690 g/mol. The Morgan fingerprint density at radius 1 is 0.508 bits per heavy atom. The van der Waals surface area contributed by atoms with Crippen molar-refractivity contribution in [3.8, 4) is 0 Å². The number of aliphatic hydroxyl groups excluding tert-OH is 19. The number of carbonyl (C=O) groups is 3. The van der Waals surface area contributed by atoms with Crippen LogP contribution in [-0.2, 0) is 80.6 Å². The number of ether oxygens (including phenoxy) is 15. The number of hydrogen-bond acceptors (Lipinski definition) is 38. The predicted octanol–water partition coefficient (Wildman–Crippen LogP) is -5.70. The van der Waals surface area contributed by atoms with Crippen LogP contribution in [0.4, 0.5) is 5.69 Å². The number of fused-ring (bicyclic) bond motifs is 7. The first kappa shape index (κ1) is 91.6. The Hall–Kier alpha value is -4.11. The van der Waals surface area contributed by atoms with E-state index < -0.39 is 317 Å². The highest BCUT2D eigenvalue weighted by Gasteiger charge is 2.74. The van der Waals surface area contributed by atoms with Crippen LogP contribution in [0.25, 0.3) is 0 Å². The third-order valence-electron chi connectivity index (χ3n) is 28.9. The van der Waals surface area contributed by atoms with Crippen LogP contribution in [0, 0.1) is 50.2 Å². The molecule has 3 unspecified atom stereocenters. The topological polar surface area (TPSA) is 612 Å². The molecule has 11 fully saturated rings. The monoisotopic (exact) mass is 1690 g/mol. The Labute approximate surface area is 680 Å². The van der Waals surface area contributed by atoms with Crippen LogP contribution in [0.1, 0.15) is 131 Å². The number of nitrogens with two attached hydrogens (primary N) is 1. The van der Waals surface area contributed by atoms with Gasteiger partial charge in [-0.1, -0.05) is 72.2 Å². The minimum absolute atomic E-state index is 0.0201. The van der Waals surface area contributed by atoms with Crippen LogP contribution in [0.3, 0.4) is 0 Å². The summed E-state index contributed by atoms with van der Waals surface area (Å²) in [5.41, 5.74) is 1.38. The molecule has 5 aliphatic carbocycles. The third-order valence-corrected chi connectivity index (χ3v) is 28.9. The van der Waals surface area contributed by atoms with Crippen molar-refractivity contribution in [2.45, 2.75) is 342 Å². The van der Waals surface area contributed by atoms with Gasteiger partial charge in [0.1, 0.15) is 152 Å². The summed E-state index contributed by atoms with van der Waals surface area (Å²) in [4.78, 5) is 43.9. The second-order valence-corrected chi connectivity index (χ2v) is 36.6. The fraction of sp³-hybridized carbons (Fsp3) is 0.861. The average Bonchev–Trinajstić information content (AvgIpc) is 0.727. The zero-order chi connectivity index (χ0) is 86.0. The van der Waals surface area contributed by atoms with E-state index >= 15 is 4.79 Å². The first-order valence-corrected chi connectivity index (χ1v) is 40.8. The minimum atomic E-state index is -2.22. The summed E-state index contributed by atoms with van der Waals surface area (Å²) < 4.78 is 92.0. The van der Waals surface area contributed by atoms with Gasteiger partial charge in [-0.05, 0) is 110 Å². The van der Waals surface area contributed by atoms with Gasteiger partial charge in [0.15, 0.2) is 43.8 Å². The zero-order valence-corrected chi connectivity index (χ0v) is 67.5. The summed E-state index contributed by atoms with van der Waals surface area (Å²) in [6, 6.07) is 4.89. The second-order valence-electron chi connectivity index (χ2n) is 36.6. The molecule has 0 spiro atoms. The molecule has 0 radical (unpaired) electrons. The second kappa shape index (κ2) is 35.0. The van der Waals surface area contributed by atoms with E-state index in [4.69, 9.17) is 76.8 Å². The van der Waals surface area contributed by atoms with Gasteiger partial charge in [0.25, 0.3) is 0 Å². The lowest BCUT2D eigenvalue weighted by Crippen LogP contribution is -2.70. The van der Waals surface area contributed by atoms with Crippen molar-refractivity contribution in [3.05, 3.63) is 41.5 Å². The SMILES string of the molecule is CC(=O)N[C@H]1[C@H](O[C@H]2CC[C@@]3(C)C(CC[C@]4(C)C3CC=C3C5CC(C)(C)[C@@H](OC(=O)c6ccccc6N)C[C@]5(C(=O)O[C@@H]5O[C@H](CO)[C@@H](O)[C@H](O)[C@H]5O[C@@H]5O[C@@H](C)[C@H](O[C@@H]6O[C@@H](CO)[C@H](O)[C@H]6O)[C@@H](O[C@@H]6O[C@H](CO)[C@@H](O)[C@H](O)[C@H]6O)[C@H]5O)[C@H](O)C[C@]34C)C2(C)C)O[C@H](CO[C@@H]2O[C@H](C)[C@H](O)[C@H](O)[C@H]2O[C@@H]2OC[C@@H](O)[C@H](O)[C@H]2O)[C@@H](O)[C@@H]1O. The fourth-order valence-corrected chi connectivity index (χ4v) is 21.8. The molecule has 0 bridgehead atoms. The Morgan fingerprint density at radius 3 is 1.69 bits per heavy atom. The first-order valence-electron chi connectivity index (χ1n) is 40.8. The van der Waals surface area contributed by atoms with Crippen molar-refractivity contribution in [2.24, 2.45) is 50.2 Å². The summed E-state index contributed by atoms with van der Waals surface area (Å²) in [5, 5.41) is 215. The minimum Gasteiger partial charge on any atom is -0.458 e. The van der Waals surface area contributed by atoms with Crippen LogP contribution < -0.4 is 11.1 Å². The normalized spacial score (nSPS) is 50.6. The third kappa shape index (κ3) is 16.1. The molecule has 22 N–H and O–H groups in total. The number of hydrogen-bond donors (Lipinski definition) is 21. The lowest BCUT2D eigenvalue weighted by atomic mass is 9.33. The first-order chi connectivity index (χ1) is 55.4. The van der Waals surface area contributed by atoms with Gasteiger partial charge in [-0.2, -0.15) is 0 Å². The molecule has 7 heterocycles. The van der Waals surface area contributed by atoms with Crippen LogP contribution >= 0.6 is 0 Å². The summed E-state index contributed by atoms with van der Waals surface area (Å²) in [5.74, 6) is -3.76. The number of nitrogen functional groups attached to an aromatic ring is 1. The van der Waals surface area contributed by atoms with Gasteiger partial charge in [0.05, 0.1) is 63.0 Å². The van der Waals surface area contributed by atoms with Gasteiger partial charge in [0.2, 0.25) is 12.2 Å². The van der Waals surface area contributed by atoms with Crippen LogP contribution in [0.15, 0.2) is 35.9 Å². The molecule has 1 amide bonds. The maximum Gasteiger partial charge on any atom is 0.340 e. The smallest absolute Gasteiger partial charge is 0.340 e. The lowest BCUT2D eigenvalue weighted by Gasteiger charge is -2.72. The quantitative estimate of drug-likeness (QED) is 0.0236. The Morgan fingerprint density at radius 2 is 1.05 bits per heavy atom. The summed E-state index contributed by atoms with van der Waals surface area (Å²) in [6.07, 6.45) is -55.3. The molecule has 1 aromatic carbocycles. The van der Waals surface area contributed by atoms with Crippen LogP contribution in [0.5, 0.6) is 0 Å². The Kier molecular flexibility index (Phi) is 27.2.